The van der Waals surface area contributed by atoms with Crippen LogP contribution in [0.4, 0.5) is 0 Å². The number of benzene rings is 2. The van der Waals surface area contributed by atoms with Gasteiger partial charge in [0.15, 0.2) is 29.6 Å². The number of aromatic amines is 1. The molecule has 1 N–H and O–H groups in total. The second kappa shape index (κ2) is 7.04. The van der Waals surface area contributed by atoms with E-state index in [1.807, 2.05) is 6.07 Å². The highest BCUT2D eigenvalue weighted by molar-refractivity contribution is 6.04. The summed E-state index contributed by atoms with van der Waals surface area (Å²) in [5.41, 5.74) is 1.23. The van der Waals surface area contributed by atoms with Gasteiger partial charge in [0.2, 0.25) is 0 Å². The lowest BCUT2D eigenvalue weighted by atomic mass is 10.1. The lowest BCUT2D eigenvalue weighted by Crippen LogP contribution is -2.15. The summed E-state index contributed by atoms with van der Waals surface area (Å²) in [5, 5.41) is 7.34. The van der Waals surface area contributed by atoms with Gasteiger partial charge in [-0.3, -0.25) is 9.89 Å². The number of carbonyl (C=O) groups excluding carboxylic acids is 2. The Morgan fingerprint density at radius 2 is 1.80 bits per heavy atom. The fraction of sp³-hybridized carbons (Fsp3) is 0.167. The molecule has 0 atom stereocenters. The average Bonchev–Trinajstić information content (AvgIpc) is 3.09. The number of H-pyrrole nitrogens is 1. The van der Waals surface area contributed by atoms with Crippen LogP contribution in [-0.4, -0.2) is 42.8 Å². The molecule has 0 saturated carbocycles. The van der Waals surface area contributed by atoms with Crippen molar-refractivity contribution in [2.45, 2.75) is 0 Å². The smallest absolute Gasteiger partial charge is 0.359 e. The number of hydrogen-bond donors (Lipinski definition) is 1. The van der Waals surface area contributed by atoms with Gasteiger partial charge in [-0.1, -0.05) is 18.2 Å². The molecular formula is C18H16N2O5. The van der Waals surface area contributed by atoms with Crippen molar-refractivity contribution in [3.63, 3.8) is 0 Å². The summed E-state index contributed by atoms with van der Waals surface area (Å²) in [6, 6.07) is 11.9. The Morgan fingerprint density at radius 1 is 1.04 bits per heavy atom. The summed E-state index contributed by atoms with van der Waals surface area (Å²) in [5.74, 6) is -0.0718. The molecule has 1 heterocycles. The predicted octanol–water partition coefficient (Wildman–Crippen LogP) is 2.62. The Morgan fingerprint density at radius 3 is 2.56 bits per heavy atom. The van der Waals surface area contributed by atoms with E-state index < -0.39 is 12.6 Å². The molecule has 0 saturated heterocycles. The largest absolute Gasteiger partial charge is 0.493 e. The average molecular weight is 340 g/mol. The maximum Gasteiger partial charge on any atom is 0.359 e. The summed E-state index contributed by atoms with van der Waals surface area (Å²) < 4.78 is 15.4. The minimum Gasteiger partial charge on any atom is -0.493 e. The Kier molecular flexibility index (Phi) is 4.65. The second-order valence-corrected chi connectivity index (χ2v) is 5.19. The number of rotatable bonds is 6. The monoisotopic (exact) mass is 340 g/mol. The lowest BCUT2D eigenvalue weighted by molar-refractivity contribution is 0.0470. The van der Waals surface area contributed by atoms with Crippen LogP contribution in [0.1, 0.15) is 20.8 Å². The van der Waals surface area contributed by atoms with E-state index in [1.165, 1.54) is 14.2 Å². The molecule has 0 amide bonds. The van der Waals surface area contributed by atoms with Crippen LogP contribution in [0.25, 0.3) is 10.9 Å². The van der Waals surface area contributed by atoms with Crippen LogP contribution in [0, 0.1) is 0 Å². The number of hydrogen-bond acceptors (Lipinski definition) is 6. The molecule has 0 aliphatic rings. The zero-order valence-corrected chi connectivity index (χ0v) is 13.7. The van der Waals surface area contributed by atoms with Gasteiger partial charge in [-0.05, 0) is 24.3 Å². The molecule has 128 valence electrons. The van der Waals surface area contributed by atoms with Crippen molar-refractivity contribution in [3.05, 3.63) is 53.7 Å². The number of fused-ring (bicyclic) bond motifs is 1. The van der Waals surface area contributed by atoms with E-state index in [2.05, 4.69) is 10.2 Å². The number of nitrogens with one attached hydrogen (secondary N) is 1. The first kappa shape index (κ1) is 16.5. The minimum absolute atomic E-state index is 0.149. The summed E-state index contributed by atoms with van der Waals surface area (Å²) in [4.78, 5) is 24.4. The molecule has 0 spiro atoms. The van der Waals surface area contributed by atoms with Crippen molar-refractivity contribution in [1.29, 1.82) is 0 Å². The number of aromatic nitrogens is 2. The van der Waals surface area contributed by atoms with Crippen LogP contribution in [0.3, 0.4) is 0 Å². The fourth-order valence-corrected chi connectivity index (χ4v) is 2.41. The van der Waals surface area contributed by atoms with E-state index in [9.17, 15) is 9.59 Å². The summed E-state index contributed by atoms with van der Waals surface area (Å²) in [6.07, 6.45) is 0. The number of ether oxygens (including phenoxy) is 3. The van der Waals surface area contributed by atoms with E-state index in [1.54, 1.807) is 36.4 Å². The summed E-state index contributed by atoms with van der Waals surface area (Å²) >= 11 is 0. The normalized spacial score (nSPS) is 10.5. The van der Waals surface area contributed by atoms with Gasteiger partial charge < -0.3 is 14.2 Å². The zero-order chi connectivity index (χ0) is 17.8. The van der Waals surface area contributed by atoms with Gasteiger partial charge in [0.1, 0.15) is 0 Å². The molecule has 0 unspecified atom stereocenters. The highest BCUT2D eigenvalue weighted by atomic mass is 16.5. The van der Waals surface area contributed by atoms with Gasteiger partial charge in [-0.15, -0.1) is 0 Å². The van der Waals surface area contributed by atoms with Gasteiger partial charge in [-0.25, -0.2) is 4.79 Å². The Balaban J connectivity index is 1.71. The maximum atomic E-state index is 12.2. The highest BCUT2D eigenvalue weighted by Crippen LogP contribution is 2.27. The van der Waals surface area contributed by atoms with Crippen LogP contribution in [0.2, 0.25) is 0 Å². The first-order chi connectivity index (χ1) is 12.1. The van der Waals surface area contributed by atoms with Crippen molar-refractivity contribution >= 4 is 22.7 Å². The van der Waals surface area contributed by atoms with Gasteiger partial charge in [0.25, 0.3) is 0 Å². The number of Topliss-reactive ketones (excluding diaryl/α,β-unsaturated/α-hetero) is 1. The topological polar surface area (TPSA) is 90.5 Å². The quantitative estimate of drug-likeness (QED) is 0.548. The van der Waals surface area contributed by atoms with E-state index in [-0.39, 0.29) is 11.5 Å². The third-order valence-electron chi connectivity index (χ3n) is 3.70. The molecular weight excluding hydrogens is 324 g/mol. The molecule has 1 aromatic heterocycles. The molecule has 0 aliphatic carbocycles. The van der Waals surface area contributed by atoms with Crippen LogP contribution in [-0.2, 0) is 4.74 Å². The minimum atomic E-state index is -0.661. The molecule has 0 bridgehead atoms. The summed E-state index contributed by atoms with van der Waals surface area (Å²) in [6.45, 7) is -0.393. The molecule has 25 heavy (non-hydrogen) atoms. The molecule has 7 heteroatoms. The maximum absolute atomic E-state index is 12.2. The number of ketones is 1. The molecule has 2 aromatic carbocycles. The standard InChI is InChI=1S/C18H16N2O5/c1-23-15-8-7-11(9-16(15)24-2)14(21)10-25-18(22)17-12-5-3-4-6-13(12)19-20-17/h3-9H,10H2,1-2H3,(H,19,20). The third kappa shape index (κ3) is 3.30. The Bertz CT molecular complexity index is 932. The van der Waals surface area contributed by atoms with Gasteiger partial charge in [0.05, 0.1) is 19.7 Å². The fourth-order valence-electron chi connectivity index (χ4n) is 2.41. The second-order valence-electron chi connectivity index (χ2n) is 5.19. The van der Waals surface area contributed by atoms with Crippen LogP contribution < -0.4 is 9.47 Å². The van der Waals surface area contributed by atoms with E-state index in [0.717, 1.165) is 5.52 Å². The first-order valence-electron chi connectivity index (χ1n) is 7.49. The molecule has 0 aliphatic heterocycles. The predicted molar refractivity (Wildman–Crippen MR) is 90.3 cm³/mol. The van der Waals surface area contributed by atoms with E-state index in [4.69, 9.17) is 14.2 Å². The zero-order valence-electron chi connectivity index (χ0n) is 13.7. The first-order valence-corrected chi connectivity index (χ1v) is 7.49. The van der Waals surface area contributed by atoms with Crippen molar-refractivity contribution in [3.8, 4) is 11.5 Å². The molecule has 3 aromatic rings. The Hall–Kier alpha value is -3.35. The van der Waals surface area contributed by atoms with Crippen molar-refractivity contribution in [1.82, 2.24) is 10.2 Å². The Labute approximate surface area is 143 Å². The SMILES string of the molecule is COc1ccc(C(=O)COC(=O)c2n[nH]c3ccccc23)cc1OC. The summed E-state index contributed by atoms with van der Waals surface area (Å²) in [7, 11) is 2.99. The van der Waals surface area contributed by atoms with Crippen molar-refractivity contribution in [2.24, 2.45) is 0 Å². The highest BCUT2D eigenvalue weighted by Gasteiger charge is 2.18. The molecule has 3 rings (SSSR count). The number of nitrogens with zero attached hydrogens (tertiary/aromatic N) is 1. The lowest BCUT2D eigenvalue weighted by Gasteiger charge is -2.09. The number of methoxy groups -OCH3 is 2. The van der Waals surface area contributed by atoms with Crippen molar-refractivity contribution < 1.29 is 23.8 Å². The van der Waals surface area contributed by atoms with E-state index >= 15 is 0 Å². The molecule has 7 nitrogen and oxygen atoms in total. The van der Waals surface area contributed by atoms with Crippen molar-refractivity contribution in [2.75, 3.05) is 20.8 Å². The van der Waals surface area contributed by atoms with Crippen LogP contribution >= 0.6 is 0 Å². The van der Waals surface area contributed by atoms with E-state index in [0.29, 0.717) is 22.4 Å². The number of carbonyl (C=O) groups is 2. The number of para-hydroxylation sites is 1. The van der Waals surface area contributed by atoms with Gasteiger partial charge in [0, 0.05) is 10.9 Å². The third-order valence-corrected chi connectivity index (χ3v) is 3.70. The number of esters is 1. The van der Waals surface area contributed by atoms with Crippen LogP contribution in [0.5, 0.6) is 11.5 Å². The molecule has 0 radical (unpaired) electrons. The van der Waals surface area contributed by atoms with Gasteiger partial charge >= 0.3 is 5.97 Å². The molecule has 0 fully saturated rings. The van der Waals surface area contributed by atoms with Crippen LogP contribution in [0.15, 0.2) is 42.5 Å². The van der Waals surface area contributed by atoms with Gasteiger partial charge in [-0.2, -0.15) is 5.10 Å².